The molecule has 0 radical (unpaired) electrons. The van der Waals surface area contributed by atoms with E-state index in [1.165, 1.54) is 7.11 Å². The van der Waals surface area contributed by atoms with Crippen molar-refractivity contribution in [3.8, 4) is 0 Å². The molecule has 0 saturated carbocycles. The van der Waals surface area contributed by atoms with Crippen LogP contribution in [0.5, 0.6) is 0 Å². The molecule has 0 aromatic heterocycles. The molecule has 0 heterocycles. The third-order valence-electron chi connectivity index (χ3n) is 2.41. The Kier molecular flexibility index (Phi) is 3.03. The molecule has 0 saturated heterocycles. The van der Waals surface area contributed by atoms with Gasteiger partial charge < -0.3 is 4.74 Å². The minimum Gasteiger partial charge on any atom is -0.465 e. The number of carbonyl (C=O) groups is 2. The van der Waals surface area contributed by atoms with Crippen LogP contribution in [-0.2, 0) is 4.74 Å². The summed E-state index contributed by atoms with van der Waals surface area (Å²) in [4.78, 5) is 23.1. The van der Waals surface area contributed by atoms with E-state index in [1.807, 2.05) is 0 Å². The lowest BCUT2D eigenvalue weighted by Crippen LogP contribution is -2.04. The van der Waals surface area contributed by atoms with Crippen LogP contribution >= 0.6 is 0 Å². The average molecular weight is 226 g/mol. The molecule has 0 N–H and O–H groups in total. The molecule has 3 nitrogen and oxygen atoms in total. The smallest absolute Gasteiger partial charge is 0.337 e. The van der Waals surface area contributed by atoms with Gasteiger partial charge in [0.2, 0.25) is 5.78 Å². The standard InChI is InChI=1S/C14H10O3/c1-17-14(16)12-8-6-11(7-9-12)13(15)10-4-2-3-5-10/h2-4,6-9H,1H3. The Morgan fingerprint density at radius 3 is 2.29 bits per heavy atom. The molecule has 84 valence electrons. The summed E-state index contributed by atoms with van der Waals surface area (Å²) in [5.41, 5.74) is 4.32. The molecule has 0 aliphatic heterocycles. The predicted molar refractivity (Wildman–Crippen MR) is 62.8 cm³/mol. The van der Waals surface area contributed by atoms with E-state index in [0.717, 1.165) is 0 Å². The number of hydrogen-bond acceptors (Lipinski definition) is 3. The second kappa shape index (κ2) is 4.64. The van der Waals surface area contributed by atoms with E-state index in [9.17, 15) is 9.59 Å². The largest absolute Gasteiger partial charge is 0.465 e. The molecule has 1 aliphatic carbocycles. The van der Waals surface area contributed by atoms with Gasteiger partial charge in [-0.1, -0.05) is 18.2 Å². The highest BCUT2D eigenvalue weighted by Gasteiger charge is 2.12. The number of methoxy groups -OCH3 is 1. The summed E-state index contributed by atoms with van der Waals surface area (Å²) < 4.78 is 4.58. The Morgan fingerprint density at radius 1 is 1.12 bits per heavy atom. The predicted octanol–water partition coefficient (Wildman–Crippen LogP) is 2.31. The molecular formula is C14H10O3. The molecule has 0 spiro atoms. The SMILES string of the molecule is COC(=O)c1ccc(C(=O)C2=C=CC=C2)cc1. The molecule has 0 atom stereocenters. The fourth-order valence-corrected chi connectivity index (χ4v) is 1.50. The molecule has 0 amide bonds. The van der Waals surface area contributed by atoms with Gasteiger partial charge in [0.25, 0.3) is 0 Å². The van der Waals surface area contributed by atoms with Gasteiger partial charge in [0.15, 0.2) is 0 Å². The lowest BCUT2D eigenvalue weighted by atomic mass is 10.0. The first-order valence-electron chi connectivity index (χ1n) is 5.09. The van der Waals surface area contributed by atoms with Crippen molar-refractivity contribution in [3.63, 3.8) is 0 Å². The first-order chi connectivity index (χ1) is 8.22. The minimum atomic E-state index is -0.413. The maximum atomic E-state index is 11.9. The summed E-state index contributed by atoms with van der Waals surface area (Å²) in [7, 11) is 1.32. The van der Waals surface area contributed by atoms with Crippen LogP contribution in [0.3, 0.4) is 0 Å². The summed E-state index contributed by atoms with van der Waals surface area (Å²) in [5, 5.41) is 0. The number of Topliss-reactive ketones (excluding diaryl/α,β-unsaturated/α-hetero) is 1. The molecule has 0 unspecified atom stereocenters. The third kappa shape index (κ3) is 2.25. The van der Waals surface area contributed by atoms with Crippen LogP contribution in [0.2, 0.25) is 0 Å². The normalized spacial score (nSPS) is 12.4. The fraction of sp³-hybridized carbons (Fsp3) is 0.0714. The first-order valence-corrected chi connectivity index (χ1v) is 5.09. The van der Waals surface area contributed by atoms with E-state index in [2.05, 4.69) is 10.5 Å². The van der Waals surface area contributed by atoms with Crippen LogP contribution in [0.15, 0.2) is 53.8 Å². The highest BCUT2D eigenvalue weighted by atomic mass is 16.5. The van der Waals surface area contributed by atoms with Crippen molar-refractivity contribution in [3.05, 3.63) is 64.9 Å². The number of carbonyl (C=O) groups excluding carboxylic acids is 2. The molecule has 0 bridgehead atoms. The maximum Gasteiger partial charge on any atom is 0.337 e. The van der Waals surface area contributed by atoms with Gasteiger partial charge in [-0.15, -0.1) is 5.73 Å². The second-order valence-corrected chi connectivity index (χ2v) is 3.48. The summed E-state index contributed by atoms with van der Waals surface area (Å²) in [6.07, 6.45) is 5.16. The monoisotopic (exact) mass is 226 g/mol. The Labute approximate surface area is 98.7 Å². The zero-order valence-electron chi connectivity index (χ0n) is 9.27. The van der Waals surface area contributed by atoms with Crippen LogP contribution in [0, 0.1) is 0 Å². The Balaban J connectivity index is 2.24. The quantitative estimate of drug-likeness (QED) is 0.451. The average Bonchev–Trinajstić information content (AvgIpc) is 2.91. The van der Waals surface area contributed by atoms with Crippen LogP contribution in [0.1, 0.15) is 20.7 Å². The Morgan fingerprint density at radius 2 is 1.76 bits per heavy atom. The van der Waals surface area contributed by atoms with Gasteiger partial charge in [-0.3, -0.25) is 4.79 Å². The minimum absolute atomic E-state index is 0.105. The lowest BCUT2D eigenvalue weighted by molar-refractivity contribution is 0.0600. The van der Waals surface area contributed by atoms with Gasteiger partial charge in [-0.2, -0.15) is 0 Å². The molecule has 0 fully saturated rings. The van der Waals surface area contributed by atoms with Gasteiger partial charge >= 0.3 is 5.97 Å². The van der Waals surface area contributed by atoms with E-state index in [1.54, 1.807) is 42.5 Å². The Bertz CT molecular complexity index is 556. The molecule has 1 aliphatic rings. The van der Waals surface area contributed by atoms with Crippen molar-refractivity contribution >= 4 is 11.8 Å². The third-order valence-corrected chi connectivity index (χ3v) is 2.41. The van der Waals surface area contributed by atoms with Crippen molar-refractivity contribution in [2.24, 2.45) is 0 Å². The van der Waals surface area contributed by atoms with E-state index in [0.29, 0.717) is 16.7 Å². The topological polar surface area (TPSA) is 43.4 Å². The lowest BCUT2D eigenvalue weighted by Gasteiger charge is -2.01. The fourth-order valence-electron chi connectivity index (χ4n) is 1.50. The van der Waals surface area contributed by atoms with Crippen molar-refractivity contribution in [1.29, 1.82) is 0 Å². The van der Waals surface area contributed by atoms with Crippen molar-refractivity contribution in [2.75, 3.05) is 7.11 Å². The van der Waals surface area contributed by atoms with E-state index < -0.39 is 5.97 Å². The molecule has 3 heteroatoms. The maximum absolute atomic E-state index is 11.9. The molecule has 1 aromatic carbocycles. The van der Waals surface area contributed by atoms with Gasteiger partial charge in [0, 0.05) is 5.56 Å². The zero-order valence-corrected chi connectivity index (χ0v) is 9.27. The zero-order chi connectivity index (χ0) is 12.3. The number of ketones is 1. The number of ether oxygens (including phenoxy) is 1. The van der Waals surface area contributed by atoms with E-state index in [4.69, 9.17) is 0 Å². The van der Waals surface area contributed by atoms with Crippen molar-refractivity contribution in [2.45, 2.75) is 0 Å². The number of rotatable bonds is 3. The summed E-state index contributed by atoms with van der Waals surface area (Å²) in [5.74, 6) is -0.518. The van der Waals surface area contributed by atoms with Gasteiger partial charge in [-0.05, 0) is 24.3 Å². The van der Waals surface area contributed by atoms with E-state index in [-0.39, 0.29) is 5.78 Å². The van der Waals surface area contributed by atoms with Gasteiger partial charge in [-0.25, -0.2) is 4.79 Å². The van der Waals surface area contributed by atoms with Gasteiger partial charge in [0.1, 0.15) is 0 Å². The number of esters is 1. The number of benzene rings is 1. The molecule has 2 rings (SSSR count). The Hall–Kier alpha value is -2.38. The number of allylic oxidation sites excluding steroid dienone is 3. The molecule has 1 aromatic rings. The second-order valence-electron chi connectivity index (χ2n) is 3.48. The van der Waals surface area contributed by atoms with Crippen molar-refractivity contribution in [1.82, 2.24) is 0 Å². The number of hydrogen-bond donors (Lipinski definition) is 0. The van der Waals surface area contributed by atoms with Crippen LogP contribution in [-0.4, -0.2) is 18.9 Å². The molecule has 17 heavy (non-hydrogen) atoms. The summed E-state index contributed by atoms with van der Waals surface area (Å²) >= 11 is 0. The van der Waals surface area contributed by atoms with Crippen LogP contribution < -0.4 is 0 Å². The first kappa shape index (κ1) is 11.1. The van der Waals surface area contributed by atoms with Crippen LogP contribution in [0.25, 0.3) is 0 Å². The van der Waals surface area contributed by atoms with Crippen LogP contribution in [0.4, 0.5) is 0 Å². The van der Waals surface area contributed by atoms with Crippen molar-refractivity contribution < 1.29 is 14.3 Å². The van der Waals surface area contributed by atoms with Gasteiger partial charge in [0.05, 0.1) is 18.2 Å². The highest BCUT2D eigenvalue weighted by Crippen LogP contribution is 2.13. The summed E-state index contributed by atoms with van der Waals surface area (Å²) in [6, 6.07) is 6.36. The highest BCUT2D eigenvalue weighted by molar-refractivity contribution is 6.11. The van der Waals surface area contributed by atoms with E-state index >= 15 is 0 Å². The molecular weight excluding hydrogens is 216 g/mol. The summed E-state index contributed by atoms with van der Waals surface area (Å²) in [6.45, 7) is 0.